The van der Waals surface area contributed by atoms with Crippen LogP contribution in [0.3, 0.4) is 0 Å². The largest absolute Gasteiger partial charge is 0.417 e. The van der Waals surface area contributed by atoms with E-state index in [9.17, 15) is 26.7 Å². The minimum absolute atomic E-state index is 0.316. The second-order valence-electron chi connectivity index (χ2n) is 3.06. The van der Waals surface area contributed by atoms with Crippen molar-refractivity contribution in [3.63, 3.8) is 0 Å². The van der Waals surface area contributed by atoms with Gasteiger partial charge in [0.15, 0.2) is 0 Å². The molecule has 1 aromatic heterocycles. The molecule has 92 valence electrons. The number of pyridine rings is 1. The zero-order valence-electron chi connectivity index (χ0n) is 8.11. The van der Waals surface area contributed by atoms with Crippen LogP contribution in [0.15, 0.2) is 11.0 Å². The number of aromatic amines is 1. The summed E-state index contributed by atoms with van der Waals surface area (Å²) in [5.41, 5.74) is -5.23. The van der Waals surface area contributed by atoms with Crippen LogP contribution in [-0.2, 0) is 12.6 Å². The molecule has 0 bridgehead atoms. The van der Waals surface area contributed by atoms with Crippen molar-refractivity contribution in [3.05, 3.63) is 33.2 Å². The Kier molecular flexibility index (Phi) is 3.50. The monoisotopic (exact) mass is 252 g/mol. The van der Waals surface area contributed by atoms with E-state index in [2.05, 4.69) is 0 Å². The third-order valence-corrected chi connectivity index (χ3v) is 2.00. The van der Waals surface area contributed by atoms with Crippen LogP contribution in [-0.4, -0.2) is 4.98 Å². The van der Waals surface area contributed by atoms with Crippen molar-refractivity contribution in [1.29, 1.82) is 5.26 Å². The van der Waals surface area contributed by atoms with Gasteiger partial charge in [-0.2, -0.15) is 18.4 Å². The summed E-state index contributed by atoms with van der Waals surface area (Å²) in [6.45, 7) is 0. The molecule has 0 saturated carbocycles. The first-order valence-corrected chi connectivity index (χ1v) is 4.25. The van der Waals surface area contributed by atoms with Crippen molar-refractivity contribution >= 4 is 0 Å². The van der Waals surface area contributed by atoms with E-state index in [4.69, 9.17) is 5.26 Å². The van der Waals surface area contributed by atoms with E-state index in [1.165, 1.54) is 6.07 Å². The summed E-state index contributed by atoms with van der Waals surface area (Å²) in [6, 6.07) is 1.34. The number of alkyl halides is 5. The van der Waals surface area contributed by atoms with Gasteiger partial charge in [0.1, 0.15) is 0 Å². The number of H-pyrrole nitrogens is 1. The lowest BCUT2D eigenvalue weighted by Crippen LogP contribution is -2.23. The summed E-state index contributed by atoms with van der Waals surface area (Å²) < 4.78 is 62.5. The standard InChI is InChI=1S/C9H5F5N2O/c10-7(11)5-3-16-8(17)4(1-2-15)6(5)9(12,13)14/h3,7H,1H2,(H,16,17). The van der Waals surface area contributed by atoms with Gasteiger partial charge in [-0.3, -0.25) is 4.79 Å². The smallest absolute Gasteiger partial charge is 0.328 e. The molecule has 0 unspecified atom stereocenters. The van der Waals surface area contributed by atoms with Crippen LogP contribution in [0.5, 0.6) is 0 Å². The molecule has 0 aliphatic carbocycles. The molecule has 0 amide bonds. The number of aromatic nitrogens is 1. The maximum absolute atomic E-state index is 12.6. The average Bonchev–Trinajstić information content (AvgIpc) is 2.18. The molecule has 0 radical (unpaired) electrons. The highest BCUT2D eigenvalue weighted by Gasteiger charge is 2.39. The molecule has 0 spiro atoms. The average molecular weight is 252 g/mol. The summed E-state index contributed by atoms with van der Waals surface area (Å²) in [5, 5.41) is 8.31. The summed E-state index contributed by atoms with van der Waals surface area (Å²) in [6.07, 6.45) is -9.06. The van der Waals surface area contributed by atoms with E-state index in [0.29, 0.717) is 6.20 Å². The maximum atomic E-state index is 12.6. The van der Waals surface area contributed by atoms with Crippen LogP contribution >= 0.6 is 0 Å². The van der Waals surface area contributed by atoms with Gasteiger partial charge in [-0.15, -0.1) is 0 Å². The Balaban J connectivity index is 3.63. The maximum Gasteiger partial charge on any atom is 0.417 e. The number of nitriles is 1. The minimum Gasteiger partial charge on any atom is -0.328 e. The predicted octanol–water partition coefficient (Wildman–Crippen LogP) is 2.40. The fourth-order valence-corrected chi connectivity index (χ4v) is 1.34. The lowest BCUT2D eigenvalue weighted by Gasteiger charge is -2.14. The van der Waals surface area contributed by atoms with Crippen LogP contribution < -0.4 is 5.56 Å². The van der Waals surface area contributed by atoms with E-state index < -0.39 is 41.3 Å². The Morgan fingerprint density at radius 3 is 2.41 bits per heavy atom. The van der Waals surface area contributed by atoms with Crippen LogP contribution in [0.2, 0.25) is 0 Å². The molecule has 3 nitrogen and oxygen atoms in total. The molecule has 0 aliphatic rings. The van der Waals surface area contributed by atoms with Gasteiger partial charge < -0.3 is 4.98 Å². The second-order valence-corrected chi connectivity index (χ2v) is 3.06. The van der Waals surface area contributed by atoms with Gasteiger partial charge in [0, 0.05) is 17.3 Å². The highest BCUT2D eigenvalue weighted by atomic mass is 19.4. The van der Waals surface area contributed by atoms with Crippen molar-refractivity contribution in [2.75, 3.05) is 0 Å². The number of rotatable bonds is 2. The van der Waals surface area contributed by atoms with Crippen molar-refractivity contribution in [2.24, 2.45) is 0 Å². The molecule has 0 saturated heterocycles. The summed E-state index contributed by atoms with van der Waals surface area (Å²) >= 11 is 0. The molecule has 1 N–H and O–H groups in total. The zero-order valence-corrected chi connectivity index (χ0v) is 8.11. The Morgan fingerprint density at radius 2 is 2.00 bits per heavy atom. The molecule has 8 heteroatoms. The molecular formula is C9H5F5N2O. The van der Waals surface area contributed by atoms with E-state index in [1.807, 2.05) is 0 Å². The fraction of sp³-hybridized carbons (Fsp3) is 0.333. The first-order chi connectivity index (χ1) is 7.79. The fourth-order valence-electron chi connectivity index (χ4n) is 1.34. The number of halogens is 5. The molecule has 1 aromatic rings. The number of hydrogen-bond acceptors (Lipinski definition) is 2. The molecule has 0 aromatic carbocycles. The highest BCUT2D eigenvalue weighted by molar-refractivity contribution is 5.36. The zero-order chi connectivity index (χ0) is 13.2. The highest BCUT2D eigenvalue weighted by Crippen LogP contribution is 2.37. The van der Waals surface area contributed by atoms with Crippen molar-refractivity contribution < 1.29 is 22.0 Å². The van der Waals surface area contributed by atoms with Crippen LogP contribution in [0.25, 0.3) is 0 Å². The van der Waals surface area contributed by atoms with Crippen LogP contribution in [0.1, 0.15) is 23.1 Å². The van der Waals surface area contributed by atoms with E-state index >= 15 is 0 Å². The SMILES string of the molecule is N#CCc1c(C(F)(F)F)c(C(F)F)c[nH]c1=O. The lowest BCUT2D eigenvalue weighted by molar-refractivity contribution is -0.140. The third-order valence-electron chi connectivity index (χ3n) is 2.00. The van der Waals surface area contributed by atoms with E-state index in [-0.39, 0.29) is 0 Å². The van der Waals surface area contributed by atoms with Gasteiger partial charge >= 0.3 is 6.18 Å². The topological polar surface area (TPSA) is 56.6 Å². The van der Waals surface area contributed by atoms with Gasteiger partial charge in [-0.25, -0.2) is 8.78 Å². The lowest BCUT2D eigenvalue weighted by atomic mass is 10.0. The molecular weight excluding hydrogens is 247 g/mol. The summed E-state index contributed by atoms with van der Waals surface area (Å²) in [5.74, 6) is 0. The number of hydrogen-bond donors (Lipinski definition) is 1. The van der Waals surface area contributed by atoms with E-state index in [0.717, 1.165) is 0 Å². The molecule has 17 heavy (non-hydrogen) atoms. The van der Waals surface area contributed by atoms with Gasteiger partial charge in [0.05, 0.1) is 18.1 Å². The molecule has 1 heterocycles. The van der Waals surface area contributed by atoms with Gasteiger partial charge in [-0.1, -0.05) is 0 Å². The summed E-state index contributed by atoms with van der Waals surface area (Å²) in [4.78, 5) is 12.9. The summed E-state index contributed by atoms with van der Waals surface area (Å²) in [7, 11) is 0. The Labute approximate surface area is 91.5 Å². The first-order valence-electron chi connectivity index (χ1n) is 4.25. The molecule has 0 fully saturated rings. The van der Waals surface area contributed by atoms with Crippen molar-refractivity contribution in [1.82, 2.24) is 4.98 Å². The predicted molar refractivity (Wildman–Crippen MR) is 46.3 cm³/mol. The molecule has 0 atom stereocenters. The first kappa shape index (κ1) is 13.2. The Hall–Kier alpha value is -1.91. The van der Waals surface area contributed by atoms with Gasteiger partial charge in [0.2, 0.25) is 0 Å². The van der Waals surface area contributed by atoms with Crippen LogP contribution in [0, 0.1) is 11.3 Å². The van der Waals surface area contributed by atoms with Crippen LogP contribution in [0.4, 0.5) is 22.0 Å². The van der Waals surface area contributed by atoms with Crippen molar-refractivity contribution in [2.45, 2.75) is 19.0 Å². The quantitative estimate of drug-likeness (QED) is 0.821. The Morgan fingerprint density at radius 1 is 1.41 bits per heavy atom. The number of nitrogens with zero attached hydrogens (tertiary/aromatic N) is 1. The third kappa shape index (κ3) is 2.61. The second kappa shape index (κ2) is 4.53. The molecule has 0 aliphatic heterocycles. The van der Waals surface area contributed by atoms with Gasteiger partial charge in [-0.05, 0) is 0 Å². The van der Waals surface area contributed by atoms with E-state index in [1.54, 1.807) is 4.98 Å². The normalized spacial score (nSPS) is 11.6. The molecule has 1 rings (SSSR count). The Bertz CT molecular complexity index is 512. The van der Waals surface area contributed by atoms with Gasteiger partial charge in [0.25, 0.3) is 12.0 Å². The van der Waals surface area contributed by atoms with Crippen molar-refractivity contribution in [3.8, 4) is 6.07 Å². The minimum atomic E-state index is -5.10. The number of nitrogens with one attached hydrogen (secondary N) is 1.